The van der Waals surface area contributed by atoms with E-state index in [9.17, 15) is 9.59 Å². The van der Waals surface area contributed by atoms with E-state index in [0.717, 1.165) is 0 Å². The molecule has 2 aromatic rings. The van der Waals surface area contributed by atoms with Crippen LogP contribution in [0, 0.1) is 5.92 Å². The van der Waals surface area contributed by atoms with E-state index >= 15 is 0 Å². The Bertz CT molecular complexity index is 790. The number of nitrogens with one attached hydrogen (secondary N) is 1. The number of aromatic nitrogens is 1. The van der Waals surface area contributed by atoms with E-state index < -0.39 is 6.04 Å². The first kappa shape index (κ1) is 18.9. The fourth-order valence-corrected chi connectivity index (χ4v) is 2.94. The molecule has 7 heteroatoms. The molecular weight excluding hydrogens is 338 g/mol. The highest BCUT2D eigenvalue weighted by Crippen LogP contribution is 2.13. The zero-order valence-electron chi connectivity index (χ0n) is 14.9. The predicted molar refractivity (Wildman–Crippen MR) is 97.6 cm³/mol. The number of benzene rings is 1. The molecule has 0 bridgehead atoms. The Morgan fingerprint density at radius 2 is 1.96 bits per heavy atom. The molecule has 1 atom stereocenters. The van der Waals surface area contributed by atoms with Gasteiger partial charge in [-0.15, -0.1) is 11.3 Å². The second-order valence-corrected chi connectivity index (χ2v) is 6.77. The summed E-state index contributed by atoms with van der Waals surface area (Å²) in [6.45, 7) is 6.23. The van der Waals surface area contributed by atoms with E-state index in [1.807, 2.05) is 39.4 Å². The van der Waals surface area contributed by atoms with Crippen LogP contribution in [-0.2, 0) is 11.8 Å². The molecule has 6 nitrogen and oxygen atoms in total. The van der Waals surface area contributed by atoms with Gasteiger partial charge in [0, 0.05) is 24.2 Å². The molecule has 0 radical (unpaired) electrons. The maximum atomic E-state index is 12.5. The molecule has 0 spiro atoms. The lowest BCUT2D eigenvalue weighted by Gasteiger charge is -2.19. The number of nitrogens with zero attached hydrogens (tertiary/aromatic N) is 2. The summed E-state index contributed by atoms with van der Waals surface area (Å²) in [5, 5.41) is 4.64. The Labute approximate surface area is 151 Å². The average molecular weight is 361 g/mol. The number of hydrogen-bond donors (Lipinski definition) is 1. The van der Waals surface area contributed by atoms with Crippen molar-refractivity contribution in [3.8, 4) is 5.75 Å². The van der Waals surface area contributed by atoms with Gasteiger partial charge >= 0.3 is 0 Å². The summed E-state index contributed by atoms with van der Waals surface area (Å²) in [4.78, 5) is 29.7. The van der Waals surface area contributed by atoms with Crippen molar-refractivity contribution >= 4 is 23.2 Å². The van der Waals surface area contributed by atoms with Crippen molar-refractivity contribution in [3.05, 3.63) is 46.2 Å². The molecule has 0 aliphatic carbocycles. The topological polar surface area (TPSA) is 72.7 Å². The molecule has 0 saturated carbocycles. The summed E-state index contributed by atoms with van der Waals surface area (Å²) in [5.41, 5.74) is 0.476. The molecule has 2 amide bonds. The van der Waals surface area contributed by atoms with Gasteiger partial charge in [-0.25, -0.2) is 0 Å². The highest BCUT2D eigenvalue weighted by atomic mass is 32.1. The largest absolute Gasteiger partial charge is 0.494 e. The number of rotatable bonds is 6. The number of amides is 2. The Hall–Kier alpha value is -2.41. The van der Waals surface area contributed by atoms with Crippen molar-refractivity contribution in [3.63, 3.8) is 0 Å². The van der Waals surface area contributed by atoms with Crippen LogP contribution in [0.3, 0.4) is 0 Å². The summed E-state index contributed by atoms with van der Waals surface area (Å²) in [5.74, 6) is -0.0305. The molecule has 0 saturated heterocycles. The Morgan fingerprint density at radius 1 is 1.28 bits per heavy atom. The van der Waals surface area contributed by atoms with E-state index in [0.29, 0.717) is 22.7 Å². The third-order valence-electron chi connectivity index (χ3n) is 3.61. The lowest BCUT2D eigenvalue weighted by Crippen LogP contribution is -2.44. The van der Waals surface area contributed by atoms with E-state index in [1.54, 1.807) is 28.8 Å². The predicted octanol–water partition coefficient (Wildman–Crippen LogP) is 2.37. The number of carbonyl (C=O) groups excluding carboxylic acids is 2. The van der Waals surface area contributed by atoms with Crippen molar-refractivity contribution in [2.24, 2.45) is 18.0 Å². The number of thiazole rings is 1. The van der Waals surface area contributed by atoms with Crippen LogP contribution in [0.2, 0.25) is 0 Å². The molecule has 25 heavy (non-hydrogen) atoms. The average Bonchev–Trinajstić information content (AvgIpc) is 2.98. The standard InChI is InChI=1S/C18H23N3O3S/c1-5-24-14-8-6-13(7-9-14)16(22)19-15(12(2)3)17(23)20-18-21(4)10-11-25-18/h6-12,15H,5H2,1-4H3,(H,19,22). The molecule has 134 valence electrons. The molecule has 0 fully saturated rings. The van der Waals surface area contributed by atoms with Crippen molar-refractivity contribution in [1.82, 2.24) is 9.88 Å². The molecule has 2 rings (SSSR count). The normalized spacial score (nSPS) is 12.9. The van der Waals surface area contributed by atoms with E-state index in [1.165, 1.54) is 11.3 Å². The van der Waals surface area contributed by atoms with Crippen molar-refractivity contribution < 1.29 is 14.3 Å². The minimum absolute atomic E-state index is 0.0758. The molecular formula is C18H23N3O3S. The van der Waals surface area contributed by atoms with Gasteiger partial charge in [0.05, 0.1) is 6.61 Å². The van der Waals surface area contributed by atoms with Gasteiger partial charge in [-0.05, 0) is 37.1 Å². The first-order valence-electron chi connectivity index (χ1n) is 8.14. The maximum absolute atomic E-state index is 12.5. The van der Waals surface area contributed by atoms with Crippen LogP contribution in [0.25, 0.3) is 0 Å². The lowest BCUT2D eigenvalue weighted by atomic mass is 10.0. The Kier molecular flexibility index (Phi) is 6.52. The van der Waals surface area contributed by atoms with Crippen LogP contribution in [-0.4, -0.2) is 29.0 Å². The van der Waals surface area contributed by atoms with Gasteiger partial charge in [-0.1, -0.05) is 13.8 Å². The third kappa shape index (κ3) is 5.03. The highest BCUT2D eigenvalue weighted by molar-refractivity contribution is 7.07. The molecule has 1 heterocycles. The minimum Gasteiger partial charge on any atom is -0.494 e. The SMILES string of the molecule is CCOc1ccc(C(=O)NC(C(=O)N=c2sccn2C)C(C)C)cc1. The molecule has 1 aromatic carbocycles. The molecule has 0 aliphatic heterocycles. The van der Waals surface area contributed by atoms with Crippen LogP contribution >= 0.6 is 11.3 Å². The van der Waals surface area contributed by atoms with Crippen LogP contribution in [0.1, 0.15) is 31.1 Å². The number of carbonyl (C=O) groups is 2. The first-order chi connectivity index (χ1) is 11.9. The van der Waals surface area contributed by atoms with Gasteiger partial charge in [-0.2, -0.15) is 4.99 Å². The summed E-state index contributed by atoms with van der Waals surface area (Å²) < 4.78 is 7.14. The van der Waals surface area contributed by atoms with E-state index in [-0.39, 0.29) is 17.7 Å². The quantitative estimate of drug-likeness (QED) is 0.858. The van der Waals surface area contributed by atoms with Crippen LogP contribution in [0.15, 0.2) is 40.8 Å². The number of aryl methyl sites for hydroxylation is 1. The fraction of sp³-hybridized carbons (Fsp3) is 0.389. The second kappa shape index (κ2) is 8.62. The van der Waals surface area contributed by atoms with Crippen molar-refractivity contribution in [1.29, 1.82) is 0 Å². The van der Waals surface area contributed by atoms with Crippen molar-refractivity contribution in [2.45, 2.75) is 26.8 Å². The molecule has 1 unspecified atom stereocenters. The lowest BCUT2D eigenvalue weighted by molar-refractivity contribution is -0.120. The molecule has 1 N–H and O–H groups in total. The monoisotopic (exact) mass is 361 g/mol. The van der Waals surface area contributed by atoms with E-state index in [2.05, 4.69) is 10.3 Å². The summed E-state index contributed by atoms with van der Waals surface area (Å²) >= 11 is 1.38. The van der Waals surface area contributed by atoms with Crippen LogP contribution in [0.5, 0.6) is 5.75 Å². The van der Waals surface area contributed by atoms with Crippen LogP contribution < -0.4 is 14.9 Å². The molecule has 0 aliphatic rings. The van der Waals surface area contributed by atoms with Gasteiger partial charge in [-0.3, -0.25) is 9.59 Å². The Balaban J connectivity index is 2.14. The smallest absolute Gasteiger partial charge is 0.271 e. The van der Waals surface area contributed by atoms with Gasteiger partial charge in [0.15, 0.2) is 4.80 Å². The van der Waals surface area contributed by atoms with Crippen molar-refractivity contribution in [2.75, 3.05) is 6.61 Å². The Morgan fingerprint density at radius 3 is 2.48 bits per heavy atom. The second-order valence-electron chi connectivity index (χ2n) is 5.90. The summed E-state index contributed by atoms with van der Waals surface area (Å²) in [6.07, 6.45) is 1.83. The zero-order valence-corrected chi connectivity index (χ0v) is 15.7. The van der Waals surface area contributed by atoms with Crippen LogP contribution in [0.4, 0.5) is 0 Å². The number of ether oxygens (including phenoxy) is 1. The highest BCUT2D eigenvalue weighted by Gasteiger charge is 2.24. The first-order valence-corrected chi connectivity index (χ1v) is 9.02. The molecule has 1 aromatic heterocycles. The summed E-state index contributed by atoms with van der Waals surface area (Å²) in [6, 6.07) is 6.15. The zero-order chi connectivity index (χ0) is 18.4. The third-order valence-corrected chi connectivity index (χ3v) is 4.46. The fourth-order valence-electron chi connectivity index (χ4n) is 2.21. The maximum Gasteiger partial charge on any atom is 0.271 e. The van der Waals surface area contributed by atoms with Gasteiger partial charge in [0.1, 0.15) is 11.8 Å². The van der Waals surface area contributed by atoms with Gasteiger partial charge in [0.25, 0.3) is 11.8 Å². The van der Waals surface area contributed by atoms with Gasteiger partial charge < -0.3 is 14.6 Å². The van der Waals surface area contributed by atoms with E-state index in [4.69, 9.17) is 4.74 Å². The summed E-state index contributed by atoms with van der Waals surface area (Å²) in [7, 11) is 1.82. The number of hydrogen-bond acceptors (Lipinski definition) is 4. The van der Waals surface area contributed by atoms with Gasteiger partial charge in [0.2, 0.25) is 0 Å². The minimum atomic E-state index is -0.679.